The van der Waals surface area contributed by atoms with Gasteiger partial charge < -0.3 is 23.7 Å². The molecule has 1 heterocycles. The number of benzene rings is 3. The van der Waals surface area contributed by atoms with Gasteiger partial charge in [-0.3, -0.25) is 0 Å². The first kappa shape index (κ1) is 22.9. The Morgan fingerprint density at radius 2 is 0.970 bits per heavy atom. The Kier molecular flexibility index (Phi) is 8.78. The third-order valence-corrected chi connectivity index (χ3v) is 5.00. The van der Waals surface area contributed by atoms with Gasteiger partial charge in [0.2, 0.25) is 0 Å². The molecule has 4 rings (SSSR count). The van der Waals surface area contributed by atoms with Crippen molar-refractivity contribution in [2.24, 2.45) is 0 Å². The lowest BCUT2D eigenvalue weighted by atomic mass is 10.0. The van der Waals surface area contributed by atoms with E-state index >= 15 is 0 Å². The zero-order valence-corrected chi connectivity index (χ0v) is 18.6. The fourth-order valence-electron chi connectivity index (χ4n) is 3.30. The summed E-state index contributed by atoms with van der Waals surface area (Å²) in [6.07, 6.45) is 0. The van der Waals surface area contributed by atoms with Gasteiger partial charge in [0, 0.05) is 11.1 Å². The fourth-order valence-corrected chi connectivity index (χ4v) is 3.30. The van der Waals surface area contributed by atoms with E-state index in [-0.39, 0.29) is 0 Å². The van der Waals surface area contributed by atoms with E-state index in [2.05, 4.69) is 36.1 Å². The van der Waals surface area contributed by atoms with E-state index in [1.165, 1.54) is 11.1 Å². The Balaban J connectivity index is 1.44. The Morgan fingerprint density at radius 3 is 1.64 bits per heavy atom. The molecule has 0 unspecified atom stereocenters. The summed E-state index contributed by atoms with van der Waals surface area (Å²) in [6, 6.07) is 24.3. The molecule has 0 radical (unpaired) electrons. The van der Waals surface area contributed by atoms with E-state index in [0.29, 0.717) is 64.4 Å². The molecule has 5 heteroatoms. The van der Waals surface area contributed by atoms with Gasteiger partial charge in [-0.05, 0) is 41.5 Å². The van der Waals surface area contributed by atoms with Gasteiger partial charge in [0.1, 0.15) is 13.2 Å². The zero-order valence-electron chi connectivity index (χ0n) is 18.6. The number of hydrogen-bond donors (Lipinski definition) is 0. The standard InChI is InChI=1S/C28H28O5/c1-2-4-25(5-3-1)26-11-8-23(9-12-26)6-7-24-10-13-27-28(22-24)33-21-19-31-17-15-29-14-16-30-18-20-32-27/h1-5,8-13,22H,14-21H2. The number of hydrogen-bond acceptors (Lipinski definition) is 5. The summed E-state index contributed by atoms with van der Waals surface area (Å²) >= 11 is 0. The van der Waals surface area contributed by atoms with Gasteiger partial charge in [-0.25, -0.2) is 0 Å². The van der Waals surface area contributed by atoms with Crippen molar-refractivity contribution in [3.8, 4) is 34.5 Å². The van der Waals surface area contributed by atoms with Crippen molar-refractivity contribution in [1.29, 1.82) is 0 Å². The first-order chi connectivity index (χ1) is 16.4. The molecule has 1 aliphatic heterocycles. The van der Waals surface area contributed by atoms with Crippen LogP contribution in [0.1, 0.15) is 11.1 Å². The molecule has 0 aromatic heterocycles. The molecule has 0 fully saturated rings. The monoisotopic (exact) mass is 444 g/mol. The summed E-state index contributed by atoms with van der Waals surface area (Å²) < 4.78 is 28.3. The summed E-state index contributed by atoms with van der Waals surface area (Å²) in [5.74, 6) is 7.78. The van der Waals surface area contributed by atoms with Crippen molar-refractivity contribution in [2.45, 2.75) is 0 Å². The van der Waals surface area contributed by atoms with Crippen LogP contribution in [0, 0.1) is 11.8 Å². The molecule has 0 saturated heterocycles. The highest BCUT2D eigenvalue weighted by Gasteiger charge is 2.07. The summed E-state index contributed by atoms with van der Waals surface area (Å²) in [4.78, 5) is 0. The summed E-state index contributed by atoms with van der Waals surface area (Å²) in [6.45, 7) is 3.98. The van der Waals surface area contributed by atoms with Crippen molar-refractivity contribution < 1.29 is 23.7 Å². The van der Waals surface area contributed by atoms with Crippen LogP contribution in [0.3, 0.4) is 0 Å². The molecule has 5 nitrogen and oxygen atoms in total. The van der Waals surface area contributed by atoms with Crippen molar-refractivity contribution in [1.82, 2.24) is 0 Å². The van der Waals surface area contributed by atoms with Crippen LogP contribution in [-0.4, -0.2) is 52.9 Å². The molecule has 3 aromatic rings. The SMILES string of the molecule is C(#Cc1ccc2c(c1)OCCOCCOCCOCCO2)c1ccc(-c2ccccc2)cc1. The molecular formula is C28H28O5. The van der Waals surface area contributed by atoms with Crippen molar-refractivity contribution >= 4 is 0 Å². The lowest BCUT2D eigenvalue weighted by Crippen LogP contribution is -2.13. The summed E-state index contributed by atoms with van der Waals surface area (Å²) in [5, 5.41) is 0. The van der Waals surface area contributed by atoms with E-state index in [1.54, 1.807) is 0 Å². The highest BCUT2D eigenvalue weighted by molar-refractivity contribution is 5.64. The average molecular weight is 445 g/mol. The summed E-state index contributed by atoms with van der Waals surface area (Å²) in [5.41, 5.74) is 4.17. The molecule has 0 atom stereocenters. The minimum Gasteiger partial charge on any atom is -0.487 e. The van der Waals surface area contributed by atoms with E-state index in [0.717, 1.165) is 11.1 Å². The highest BCUT2D eigenvalue weighted by atomic mass is 16.6. The molecule has 0 spiro atoms. The predicted octanol–water partition coefficient (Wildman–Crippen LogP) is 4.57. The molecule has 0 aliphatic carbocycles. The quantitative estimate of drug-likeness (QED) is 0.515. The van der Waals surface area contributed by atoms with Crippen LogP contribution in [0.25, 0.3) is 11.1 Å². The fraction of sp³-hybridized carbons (Fsp3) is 0.286. The van der Waals surface area contributed by atoms with Crippen LogP contribution in [-0.2, 0) is 14.2 Å². The smallest absolute Gasteiger partial charge is 0.162 e. The number of rotatable bonds is 1. The molecule has 0 amide bonds. The van der Waals surface area contributed by atoms with E-state index in [4.69, 9.17) is 23.7 Å². The zero-order chi connectivity index (χ0) is 22.6. The van der Waals surface area contributed by atoms with E-state index < -0.39 is 0 Å². The second-order valence-electron chi connectivity index (χ2n) is 7.39. The summed E-state index contributed by atoms with van der Waals surface area (Å²) in [7, 11) is 0. The Hall–Kier alpha value is -3.30. The van der Waals surface area contributed by atoms with Gasteiger partial charge in [-0.15, -0.1) is 0 Å². The molecule has 0 bridgehead atoms. The minimum atomic E-state index is 0.421. The van der Waals surface area contributed by atoms with Gasteiger partial charge in [0.05, 0.1) is 39.6 Å². The van der Waals surface area contributed by atoms with Gasteiger partial charge >= 0.3 is 0 Å². The second kappa shape index (κ2) is 12.7. The predicted molar refractivity (Wildman–Crippen MR) is 128 cm³/mol. The van der Waals surface area contributed by atoms with Crippen LogP contribution in [0.15, 0.2) is 72.8 Å². The Morgan fingerprint density at radius 1 is 0.455 bits per heavy atom. The highest BCUT2D eigenvalue weighted by Crippen LogP contribution is 2.28. The third-order valence-electron chi connectivity index (χ3n) is 5.00. The number of fused-ring (bicyclic) bond motifs is 1. The van der Waals surface area contributed by atoms with E-state index in [9.17, 15) is 0 Å². The molecule has 170 valence electrons. The topological polar surface area (TPSA) is 46.2 Å². The Bertz CT molecular complexity index is 1050. The van der Waals surface area contributed by atoms with Gasteiger partial charge in [0.25, 0.3) is 0 Å². The lowest BCUT2D eigenvalue weighted by molar-refractivity contribution is 0.00708. The normalized spacial score (nSPS) is 15.4. The lowest BCUT2D eigenvalue weighted by Gasteiger charge is -2.13. The first-order valence-corrected chi connectivity index (χ1v) is 11.2. The van der Waals surface area contributed by atoms with Crippen molar-refractivity contribution in [3.63, 3.8) is 0 Å². The van der Waals surface area contributed by atoms with Gasteiger partial charge in [0.15, 0.2) is 11.5 Å². The van der Waals surface area contributed by atoms with Crippen LogP contribution in [0.5, 0.6) is 11.5 Å². The van der Waals surface area contributed by atoms with Crippen LogP contribution < -0.4 is 9.47 Å². The first-order valence-electron chi connectivity index (χ1n) is 11.2. The van der Waals surface area contributed by atoms with Gasteiger partial charge in [-0.1, -0.05) is 54.3 Å². The molecule has 0 N–H and O–H groups in total. The molecule has 33 heavy (non-hydrogen) atoms. The molecular weight excluding hydrogens is 416 g/mol. The van der Waals surface area contributed by atoms with Crippen LogP contribution in [0.4, 0.5) is 0 Å². The van der Waals surface area contributed by atoms with Crippen LogP contribution in [0.2, 0.25) is 0 Å². The molecule has 1 aliphatic rings. The van der Waals surface area contributed by atoms with Gasteiger partial charge in [-0.2, -0.15) is 0 Å². The largest absolute Gasteiger partial charge is 0.487 e. The third kappa shape index (κ3) is 7.37. The molecule has 0 saturated carbocycles. The minimum absolute atomic E-state index is 0.421. The van der Waals surface area contributed by atoms with E-state index in [1.807, 2.05) is 48.5 Å². The maximum atomic E-state index is 5.92. The maximum Gasteiger partial charge on any atom is 0.162 e. The number of ether oxygens (including phenoxy) is 5. The van der Waals surface area contributed by atoms with Crippen molar-refractivity contribution in [3.05, 3.63) is 83.9 Å². The Labute approximate surface area is 195 Å². The average Bonchev–Trinajstić information content (AvgIpc) is 2.88. The van der Waals surface area contributed by atoms with Crippen LogP contribution >= 0.6 is 0 Å². The molecule has 3 aromatic carbocycles. The second-order valence-corrected chi connectivity index (χ2v) is 7.39. The maximum absolute atomic E-state index is 5.92. The van der Waals surface area contributed by atoms with Crippen molar-refractivity contribution in [2.75, 3.05) is 52.9 Å².